The molecule has 0 amide bonds. The lowest BCUT2D eigenvalue weighted by Gasteiger charge is -2.13. The van der Waals surface area contributed by atoms with Crippen LogP contribution in [0.2, 0.25) is 0 Å². The van der Waals surface area contributed by atoms with Crippen molar-refractivity contribution in [2.24, 2.45) is 4.99 Å². The molecular formula is C17H28IN3S. The number of aliphatic imine (C=N–C) groups is 1. The van der Waals surface area contributed by atoms with Crippen molar-refractivity contribution in [3.63, 3.8) is 0 Å². The van der Waals surface area contributed by atoms with Crippen LogP contribution < -0.4 is 10.6 Å². The number of hydrogen-bond donors (Lipinski definition) is 2. The summed E-state index contributed by atoms with van der Waals surface area (Å²) in [6.45, 7) is 7.02. The van der Waals surface area contributed by atoms with Crippen LogP contribution in [-0.2, 0) is 6.42 Å². The van der Waals surface area contributed by atoms with Crippen molar-refractivity contribution < 1.29 is 0 Å². The van der Waals surface area contributed by atoms with E-state index in [9.17, 15) is 0 Å². The van der Waals surface area contributed by atoms with E-state index >= 15 is 0 Å². The number of benzene rings is 1. The van der Waals surface area contributed by atoms with E-state index in [2.05, 4.69) is 60.5 Å². The third kappa shape index (κ3) is 7.22. The standard InChI is InChI=1S/C17H27N3S.HI/c1-3-18-17(20-13-16-8-5-11-21-16)19-10-9-15-7-4-6-14(2)12-15;/h4,6-7,12,16H,3,5,8-11,13H2,1-2H3,(H2,18,19,20);1H. The highest BCUT2D eigenvalue weighted by atomic mass is 127. The molecule has 124 valence electrons. The molecule has 3 nitrogen and oxygen atoms in total. The van der Waals surface area contributed by atoms with Crippen LogP contribution in [0.1, 0.15) is 30.9 Å². The Morgan fingerprint density at radius 2 is 2.23 bits per heavy atom. The fourth-order valence-electron chi connectivity index (χ4n) is 2.52. The van der Waals surface area contributed by atoms with E-state index in [-0.39, 0.29) is 24.0 Å². The zero-order chi connectivity index (χ0) is 14.9. The summed E-state index contributed by atoms with van der Waals surface area (Å²) < 4.78 is 0. The first-order valence-electron chi connectivity index (χ1n) is 7.97. The molecule has 1 aromatic rings. The van der Waals surface area contributed by atoms with E-state index in [1.807, 2.05) is 0 Å². The van der Waals surface area contributed by atoms with E-state index in [0.29, 0.717) is 0 Å². The van der Waals surface area contributed by atoms with Gasteiger partial charge < -0.3 is 10.6 Å². The number of rotatable bonds is 6. The van der Waals surface area contributed by atoms with Gasteiger partial charge in [0.1, 0.15) is 0 Å². The Kier molecular flexibility index (Phi) is 9.95. The zero-order valence-electron chi connectivity index (χ0n) is 13.6. The summed E-state index contributed by atoms with van der Waals surface area (Å²) in [5.41, 5.74) is 2.70. The molecule has 0 radical (unpaired) electrons. The number of thioether (sulfide) groups is 1. The predicted molar refractivity (Wildman–Crippen MR) is 110 cm³/mol. The first-order chi connectivity index (χ1) is 10.3. The third-order valence-electron chi connectivity index (χ3n) is 3.61. The van der Waals surface area contributed by atoms with Crippen molar-refractivity contribution in [3.8, 4) is 0 Å². The normalized spacial score (nSPS) is 17.9. The van der Waals surface area contributed by atoms with Crippen LogP contribution in [-0.4, -0.2) is 36.6 Å². The van der Waals surface area contributed by atoms with Gasteiger partial charge in [0.15, 0.2) is 5.96 Å². The molecule has 1 heterocycles. The Hall–Kier alpha value is -0.430. The summed E-state index contributed by atoms with van der Waals surface area (Å²) in [4.78, 5) is 4.72. The van der Waals surface area contributed by atoms with Crippen LogP contribution >= 0.6 is 35.7 Å². The Morgan fingerprint density at radius 1 is 1.36 bits per heavy atom. The lowest BCUT2D eigenvalue weighted by molar-refractivity contribution is 0.760. The van der Waals surface area contributed by atoms with Gasteiger partial charge in [-0.15, -0.1) is 24.0 Å². The maximum atomic E-state index is 4.72. The Bertz CT molecular complexity index is 459. The van der Waals surface area contributed by atoms with Gasteiger partial charge in [-0.05, 0) is 44.4 Å². The maximum Gasteiger partial charge on any atom is 0.191 e. The molecule has 2 rings (SSSR count). The minimum Gasteiger partial charge on any atom is -0.357 e. The third-order valence-corrected chi connectivity index (χ3v) is 4.99. The number of halogens is 1. The molecule has 0 bridgehead atoms. The van der Waals surface area contributed by atoms with Crippen LogP contribution in [0.4, 0.5) is 0 Å². The second-order valence-corrected chi connectivity index (χ2v) is 6.93. The van der Waals surface area contributed by atoms with Gasteiger partial charge in [0, 0.05) is 18.3 Å². The molecule has 0 saturated carbocycles. The monoisotopic (exact) mass is 433 g/mol. The highest BCUT2D eigenvalue weighted by Crippen LogP contribution is 2.25. The quantitative estimate of drug-likeness (QED) is 0.409. The summed E-state index contributed by atoms with van der Waals surface area (Å²) in [5.74, 6) is 2.26. The Labute approximate surface area is 156 Å². The van der Waals surface area contributed by atoms with Crippen molar-refractivity contribution in [1.82, 2.24) is 10.6 Å². The van der Waals surface area contributed by atoms with Crippen LogP contribution in [0, 0.1) is 6.92 Å². The molecule has 1 atom stereocenters. The van der Waals surface area contributed by atoms with Crippen LogP contribution in [0.3, 0.4) is 0 Å². The SMILES string of the molecule is CCNC(=NCC1CCCS1)NCCc1cccc(C)c1.I. The molecule has 2 N–H and O–H groups in total. The average Bonchev–Trinajstić information content (AvgIpc) is 2.98. The summed E-state index contributed by atoms with van der Waals surface area (Å²) in [5, 5.41) is 7.50. The molecular weight excluding hydrogens is 405 g/mol. The number of guanidine groups is 1. The maximum absolute atomic E-state index is 4.72. The van der Waals surface area contributed by atoms with E-state index < -0.39 is 0 Å². The van der Waals surface area contributed by atoms with E-state index in [4.69, 9.17) is 4.99 Å². The van der Waals surface area contributed by atoms with Gasteiger partial charge in [-0.1, -0.05) is 29.8 Å². The van der Waals surface area contributed by atoms with Gasteiger partial charge in [-0.2, -0.15) is 11.8 Å². The van der Waals surface area contributed by atoms with Crippen molar-refractivity contribution >= 4 is 41.7 Å². The highest BCUT2D eigenvalue weighted by Gasteiger charge is 2.14. The Balaban J connectivity index is 0.00000242. The molecule has 0 aromatic heterocycles. The second-order valence-electron chi connectivity index (χ2n) is 5.52. The first kappa shape index (κ1) is 19.6. The molecule has 22 heavy (non-hydrogen) atoms. The fraction of sp³-hybridized carbons (Fsp3) is 0.588. The van der Waals surface area contributed by atoms with E-state index in [1.54, 1.807) is 0 Å². The summed E-state index contributed by atoms with van der Waals surface area (Å²) in [6, 6.07) is 8.71. The van der Waals surface area contributed by atoms with Crippen molar-refractivity contribution in [3.05, 3.63) is 35.4 Å². The molecule has 0 spiro atoms. The van der Waals surface area contributed by atoms with Crippen LogP contribution in [0.25, 0.3) is 0 Å². The zero-order valence-corrected chi connectivity index (χ0v) is 16.7. The van der Waals surface area contributed by atoms with E-state index in [1.165, 1.54) is 29.7 Å². The smallest absolute Gasteiger partial charge is 0.191 e. The predicted octanol–water partition coefficient (Wildman–Crippen LogP) is 3.61. The van der Waals surface area contributed by atoms with Gasteiger partial charge in [0.2, 0.25) is 0 Å². The van der Waals surface area contributed by atoms with Crippen molar-refractivity contribution in [2.75, 3.05) is 25.4 Å². The second kappa shape index (κ2) is 11.2. The van der Waals surface area contributed by atoms with Gasteiger partial charge in [0.05, 0.1) is 6.54 Å². The van der Waals surface area contributed by atoms with Crippen molar-refractivity contribution in [2.45, 2.75) is 38.4 Å². The molecule has 0 aliphatic carbocycles. The topological polar surface area (TPSA) is 36.4 Å². The minimum atomic E-state index is 0. The average molecular weight is 433 g/mol. The fourth-order valence-corrected chi connectivity index (χ4v) is 3.70. The largest absolute Gasteiger partial charge is 0.357 e. The molecule has 1 aliphatic heterocycles. The molecule has 5 heteroatoms. The molecule has 1 unspecified atom stereocenters. The van der Waals surface area contributed by atoms with Crippen molar-refractivity contribution in [1.29, 1.82) is 0 Å². The molecule has 1 fully saturated rings. The molecule has 1 aliphatic rings. The van der Waals surface area contributed by atoms with Crippen LogP contribution in [0.5, 0.6) is 0 Å². The lowest BCUT2D eigenvalue weighted by atomic mass is 10.1. The van der Waals surface area contributed by atoms with Gasteiger partial charge in [-0.3, -0.25) is 4.99 Å². The summed E-state index contributed by atoms with van der Waals surface area (Å²) >= 11 is 2.06. The molecule has 1 aromatic carbocycles. The number of nitrogens with one attached hydrogen (secondary N) is 2. The number of aryl methyl sites for hydroxylation is 1. The summed E-state index contributed by atoms with van der Waals surface area (Å²) in [6.07, 6.45) is 3.70. The lowest BCUT2D eigenvalue weighted by Crippen LogP contribution is -2.38. The Morgan fingerprint density at radius 3 is 2.91 bits per heavy atom. The number of nitrogens with zero attached hydrogens (tertiary/aromatic N) is 1. The van der Waals surface area contributed by atoms with Gasteiger partial charge in [0.25, 0.3) is 0 Å². The highest BCUT2D eigenvalue weighted by molar-refractivity contribution is 14.0. The molecule has 1 saturated heterocycles. The number of hydrogen-bond acceptors (Lipinski definition) is 2. The van der Waals surface area contributed by atoms with Gasteiger partial charge in [-0.25, -0.2) is 0 Å². The minimum absolute atomic E-state index is 0. The van der Waals surface area contributed by atoms with Gasteiger partial charge >= 0.3 is 0 Å². The summed E-state index contributed by atoms with van der Waals surface area (Å²) in [7, 11) is 0. The first-order valence-corrected chi connectivity index (χ1v) is 9.02. The van der Waals surface area contributed by atoms with E-state index in [0.717, 1.165) is 37.3 Å². The van der Waals surface area contributed by atoms with Crippen LogP contribution in [0.15, 0.2) is 29.3 Å².